The summed E-state index contributed by atoms with van der Waals surface area (Å²) in [6.45, 7) is 0. The number of fused-ring (bicyclic) bond motifs is 8. The maximum atomic E-state index is 5.30. The average molecular weight is 162 g/mol. The van der Waals surface area contributed by atoms with Crippen molar-refractivity contribution in [1.82, 2.24) is 0 Å². The van der Waals surface area contributed by atoms with Crippen LogP contribution in [0.25, 0.3) is 22.7 Å². The molecule has 58 valence electrons. The zero-order valence-corrected chi connectivity index (χ0v) is 5.79. The minimum atomic E-state index is 0.398. The highest BCUT2D eigenvalue weighted by molar-refractivity contribution is 5.91. The molecule has 4 nitrogen and oxygen atoms in total. The van der Waals surface area contributed by atoms with Crippen LogP contribution in [0.15, 0.2) is 25.4 Å². The van der Waals surface area contributed by atoms with Gasteiger partial charge >= 0.3 is 5.78 Å². The van der Waals surface area contributed by atoms with Crippen molar-refractivity contribution in [3.05, 3.63) is 12.1 Å². The Kier molecular flexibility index (Phi) is 0.509. The van der Waals surface area contributed by atoms with Crippen LogP contribution in [0.5, 0.6) is 11.5 Å². The smallest absolute Gasteiger partial charge is 0.342 e. The van der Waals surface area contributed by atoms with E-state index in [2.05, 4.69) is 0 Å². The van der Waals surface area contributed by atoms with Gasteiger partial charge in [0.05, 0.1) is 0 Å². The van der Waals surface area contributed by atoms with Gasteiger partial charge in [-0.3, -0.25) is 0 Å². The van der Waals surface area contributed by atoms with E-state index in [1.807, 2.05) is 0 Å². The topological polar surface area (TPSA) is 52.0 Å². The van der Waals surface area contributed by atoms with Gasteiger partial charge in [-0.25, -0.2) is 0 Å². The molecule has 4 heteroatoms. The summed E-state index contributed by atoms with van der Waals surface area (Å²) in [5, 5.41) is 0. The molecule has 0 N–H and O–H groups in total. The van der Waals surface area contributed by atoms with Crippen molar-refractivity contribution >= 4 is 22.7 Å². The molecular formula is C8H2O4. The SMILES string of the molecule is c1cc2oc1oc1oc2c2c1O2. The van der Waals surface area contributed by atoms with E-state index in [-0.39, 0.29) is 0 Å². The van der Waals surface area contributed by atoms with Gasteiger partial charge in [0, 0.05) is 6.07 Å². The van der Waals surface area contributed by atoms with Crippen molar-refractivity contribution < 1.29 is 18.0 Å². The third kappa shape index (κ3) is 0.380. The minimum absolute atomic E-state index is 0.398. The number of rotatable bonds is 0. The molecular weight excluding hydrogens is 160 g/mol. The van der Waals surface area contributed by atoms with Crippen molar-refractivity contribution in [2.45, 2.75) is 0 Å². The first-order valence-electron chi connectivity index (χ1n) is 3.54. The summed E-state index contributed by atoms with van der Waals surface area (Å²) < 4.78 is 20.9. The Hall–Kier alpha value is -1.84. The normalized spacial score (nSPS) is 13.7. The Balaban J connectivity index is 2.53. The second-order valence-electron chi connectivity index (χ2n) is 2.70. The molecule has 3 aromatic rings. The lowest BCUT2D eigenvalue weighted by atomic mass is 10.4. The molecule has 1 aliphatic heterocycles. The quantitative estimate of drug-likeness (QED) is 0.373. The molecule has 0 fully saturated rings. The lowest BCUT2D eigenvalue weighted by Crippen LogP contribution is -1.59. The summed E-state index contributed by atoms with van der Waals surface area (Å²) in [7, 11) is 0. The molecule has 4 bridgehead atoms. The molecule has 12 heavy (non-hydrogen) atoms. The fourth-order valence-electron chi connectivity index (χ4n) is 1.36. The third-order valence-electron chi connectivity index (χ3n) is 1.95. The predicted molar refractivity (Wildman–Crippen MR) is 38.3 cm³/mol. The van der Waals surface area contributed by atoms with Gasteiger partial charge in [-0.05, 0) is 6.07 Å². The van der Waals surface area contributed by atoms with Crippen LogP contribution in [0.1, 0.15) is 0 Å². The van der Waals surface area contributed by atoms with Crippen LogP contribution in [0.4, 0.5) is 0 Å². The molecule has 0 aromatic carbocycles. The van der Waals surface area contributed by atoms with Crippen LogP contribution in [-0.4, -0.2) is 0 Å². The van der Waals surface area contributed by atoms with Crippen molar-refractivity contribution in [3.63, 3.8) is 0 Å². The van der Waals surface area contributed by atoms with Gasteiger partial charge in [0.2, 0.25) is 11.3 Å². The van der Waals surface area contributed by atoms with E-state index in [1.54, 1.807) is 12.1 Å². The van der Waals surface area contributed by atoms with Gasteiger partial charge in [-0.2, -0.15) is 0 Å². The Labute approximate surface area is 65.3 Å². The lowest BCUT2D eigenvalue weighted by Gasteiger charge is -1.79. The van der Waals surface area contributed by atoms with E-state index in [0.29, 0.717) is 28.5 Å². The van der Waals surface area contributed by atoms with Crippen LogP contribution in [-0.2, 0) is 0 Å². The molecule has 0 atom stereocenters. The van der Waals surface area contributed by atoms with Gasteiger partial charge in [0.15, 0.2) is 5.58 Å². The molecule has 0 amide bonds. The van der Waals surface area contributed by atoms with Crippen molar-refractivity contribution in [2.75, 3.05) is 0 Å². The predicted octanol–water partition coefficient (Wildman–Crippen LogP) is 2.88. The zero-order chi connectivity index (χ0) is 7.71. The number of furan rings is 2. The van der Waals surface area contributed by atoms with E-state index in [1.165, 1.54) is 0 Å². The first-order chi connectivity index (χ1) is 5.92. The number of hydrogen-bond donors (Lipinski definition) is 0. The first kappa shape index (κ1) is 4.92. The fraction of sp³-hybridized carbons (Fsp3) is 0. The van der Waals surface area contributed by atoms with Crippen molar-refractivity contribution in [1.29, 1.82) is 0 Å². The molecule has 4 heterocycles. The van der Waals surface area contributed by atoms with Gasteiger partial charge in [0.1, 0.15) is 0 Å². The van der Waals surface area contributed by atoms with E-state index < -0.39 is 0 Å². The van der Waals surface area contributed by atoms with Crippen LogP contribution in [0.2, 0.25) is 0 Å². The first-order valence-corrected chi connectivity index (χ1v) is 3.54. The molecule has 3 aromatic heterocycles. The number of ether oxygens (including phenoxy) is 1. The Morgan fingerprint density at radius 1 is 0.917 bits per heavy atom. The highest BCUT2D eigenvalue weighted by atomic mass is 16.6. The second-order valence-corrected chi connectivity index (χ2v) is 2.70. The minimum Gasteiger partial charge on any atom is -0.438 e. The van der Waals surface area contributed by atoms with Crippen LogP contribution < -0.4 is 4.74 Å². The summed E-state index contributed by atoms with van der Waals surface area (Å²) in [5.74, 6) is 2.28. The van der Waals surface area contributed by atoms with Gasteiger partial charge in [-0.1, -0.05) is 0 Å². The van der Waals surface area contributed by atoms with Gasteiger partial charge in [0.25, 0.3) is 11.5 Å². The summed E-state index contributed by atoms with van der Waals surface area (Å²) >= 11 is 0. The summed E-state index contributed by atoms with van der Waals surface area (Å²) in [4.78, 5) is 0. The fourth-order valence-corrected chi connectivity index (χ4v) is 1.36. The summed E-state index contributed by atoms with van der Waals surface area (Å²) in [6, 6.07) is 3.54. The molecule has 0 saturated heterocycles. The van der Waals surface area contributed by atoms with Crippen LogP contribution in [0, 0.1) is 0 Å². The average Bonchev–Trinajstić information content (AvgIpc) is 2.57. The third-order valence-corrected chi connectivity index (χ3v) is 1.95. The molecule has 0 spiro atoms. The Bertz CT molecular complexity index is 595. The molecule has 4 rings (SSSR count). The van der Waals surface area contributed by atoms with Crippen LogP contribution in [0.3, 0.4) is 0 Å². The maximum absolute atomic E-state index is 5.30. The molecule has 1 aliphatic rings. The molecule has 0 unspecified atom stereocenters. The maximum Gasteiger partial charge on any atom is 0.342 e. The largest absolute Gasteiger partial charge is 0.438 e. The van der Waals surface area contributed by atoms with Gasteiger partial charge < -0.3 is 18.0 Å². The van der Waals surface area contributed by atoms with Crippen molar-refractivity contribution in [2.24, 2.45) is 0 Å². The van der Waals surface area contributed by atoms with Crippen molar-refractivity contribution in [3.8, 4) is 11.5 Å². The van der Waals surface area contributed by atoms with E-state index in [0.717, 1.165) is 5.75 Å². The second kappa shape index (κ2) is 1.24. The van der Waals surface area contributed by atoms with E-state index in [9.17, 15) is 0 Å². The van der Waals surface area contributed by atoms with E-state index >= 15 is 0 Å². The Morgan fingerprint density at radius 3 is 2.92 bits per heavy atom. The Morgan fingerprint density at radius 2 is 1.92 bits per heavy atom. The molecule has 0 saturated carbocycles. The highest BCUT2D eigenvalue weighted by Crippen LogP contribution is 2.56. The number of hydrogen-bond acceptors (Lipinski definition) is 4. The molecule has 0 radical (unpaired) electrons. The summed E-state index contributed by atoms with van der Waals surface area (Å²) in [5.41, 5.74) is 1.28. The highest BCUT2D eigenvalue weighted by Gasteiger charge is 2.35. The monoisotopic (exact) mass is 162 g/mol. The van der Waals surface area contributed by atoms with Crippen LogP contribution >= 0.6 is 0 Å². The molecule has 0 aliphatic carbocycles. The summed E-state index contributed by atoms with van der Waals surface area (Å²) in [6.07, 6.45) is 0. The van der Waals surface area contributed by atoms with Gasteiger partial charge in [-0.15, -0.1) is 0 Å². The standard InChI is InChI=1S/C8H2O4/c1-2-4-9-3(1)5-6-7(11-6)8(10-4)12-5/h1-2H. The zero-order valence-electron chi connectivity index (χ0n) is 5.79. The van der Waals surface area contributed by atoms with E-state index in [4.69, 9.17) is 18.0 Å². The lowest BCUT2D eigenvalue weighted by molar-refractivity contribution is 0.458.